The number of fused-ring (bicyclic) bond motifs is 1. The normalized spacial score (nSPS) is 18.1. The lowest BCUT2D eigenvalue weighted by molar-refractivity contribution is -0.136. The average molecular weight is 482 g/mol. The van der Waals surface area contributed by atoms with Crippen molar-refractivity contribution in [3.63, 3.8) is 0 Å². The lowest BCUT2D eigenvalue weighted by atomic mass is 9.87. The summed E-state index contributed by atoms with van der Waals surface area (Å²) in [4.78, 5) is 42.0. The van der Waals surface area contributed by atoms with E-state index < -0.39 is 40.8 Å². The zero-order valence-electron chi connectivity index (χ0n) is 16.7. The smallest absolute Gasteiger partial charge is 0.420 e. The van der Waals surface area contributed by atoms with Crippen LogP contribution in [-0.4, -0.2) is 50.8 Å². The SMILES string of the molecule is O=C1NC(=O)C2(CCN(C(=O)c3nc4c(C(F)(F)F)cc(-c5ccoc5)cn4c3Cl)CC2)N1. The summed E-state index contributed by atoms with van der Waals surface area (Å²) in [5.74, 6) is -1.13. The number of carbonyl (C=O) groups is 3. The van der Waals surface area contributed by atoms with Crippen LogP contribution in [0.5, 0.6) is 0 Å². The van der Waals surface area contributed by atoms with Crippen molar-refractivity contribution in [2.24, 2.45) is 0 Å². The van der Waals surface area contributed by atoms with Gasteiger partial charge in [-0.15, -0.1) is 0 Å². The number of aromatic nitrogens is 2. The Balaban J connectivity index is 1.50. The molecule has 4 amide bonds. The fraction of sp³-hybridized carbons (Fsp3) is 0.300. The topological polar surface area (TPSA) is 109 Å². The molecule has 5 rings (SSSR count). The predicted octanol–water partition coefficient (Wildman–Crippen LogP) is 3.08. The van der Waals surface area contributed by atoms with E-state index in [2.05, 4.69) is 15.6 Å². The molecule has 0 aliphatic carbocycles. The Morgan fingerprint density at radius 3 is 2.52 bits per heavy atom. The van der Waals surface area contributed by atoms with Crippen LogP contribution < -0.4 is 10.6 Å². The predicted molar refractivity (Wildman–Crippen MR) is 107 cm³/mol. The molecule has 13 heteroatoms. The summed E-state index contributed by atoms with van der Waals surface area (Å²) < 4.78 is 47.3. The number of alkyl halides is 3. The maximum atomic E-state index is 13.8. The third-order valence-electron chi connectivity index (χ3n) is 5.94. The quantitative estimate of drug-likeness (QED) is 0.547. The number of nitrogens with zero attached hydrogens (tertiary/aromatic N) is 3. The number of amides is 4. The van der Waals surface area contributed by atoms with Crippen LogP contribution in [0.15, 0.2) is 35.3 Å². The summed E-state index contributed by atoms with van der Waals surface area (Å²) in [5.41, 5.74) is -2.39. The van der Waals surface area contributed by atoms with E-state index in [0.29, 0.717) is 5.56 Å². The first kappa shape index (κ1) is 21.3. The van der Waals surface area contributed by atoms with Gasteiger partial charge in [0.2, 0.25) is 0 Å². The molecule has 2 N–H and O–H groups in total. The van der Waals surface area contributed by atoms with Crippen LogP contribution in [0.1, 0.15) is 28.9 Å². The van der Waals surface area contributed by atoms with Crippen molar-refractivity contribution in [1.29, 1.82) is 0 Å². The number of likely N-dealkylation sites (tertiary alicyclic amines) is 1. The zero-order valence-corrected chi connectivity index (χ0v) is 17.5. The second-order valence-electron chi connectivity index (χ2n) is 7.88. The minimum Gasteiger partial charge on any atom is -0.472 e. The molecule has 0 bridgehead atoms. The van der Waals surface area contributed by atoms with Crippen molar-refractivity contribution in [2.75, 3.05) is 13.1 Å². The summed E-state index contributed by atoms with van der Waals surface area (Å²) in [6.45, 7) is 0.173. The molecule has 1 spiro atoms. The fourth-order valence-electron chi connectivity index (χ4n) is 4.17. The Morgan fingerprint density at radius 1 is 1.21 bits per heavy atom. The highest BCUT2D eigenvalue weighted by molar-refractivity contribution is 6.33. The Kier molecular flexibility index (Phi) is 4.67. The van der Waals surface area contributed by atoms with Crippen LogP contribution in [0.4, 0.5) is 18.0 Å². The summed E-state index contributed by atoms with van der Waals surface area (Å²) >= 11 is 6.33. The first-order valence-electron chi connectivity index (χ1n) is 9.83. The van der Waals surface area contributed by atoms with E-state index in [9.17, 15) is 27.6 Å². The molecule has 33 heavy (non-hydrogen) atoms. The molecule has 2 aliphatic heterocycles. The Bertz CT molecular complexity index is 1290. The van der Waals surface area contributed by atoms with Crippen molar-refractivity contribution < 1.29 is 32.0 Å². The van der Waals surface area contributed by atoms with Gasteiger partial charge in [-0.1, -0.05) is 11.6 Å². The maximum absolute atomic E-state index is 13.8. The number of hydrogen-bond donors (Lipinski definition) is 2. The average Bonchev–Trinajstić information content (AvgIpc) is 3.46. The molecule has 3 aromatic heterocycles. The molecule has 0 saturated carbocycles. The van der Waals surface area contributed by atoms with E-state index in [1.165, 1.54) is 29.7 Å². The van der Waals surface area contributed by atoms with Crippen LogP contribution in [0.2, 0.25) is 5.15 Å². The molecule has 2 fully saturated rings. The number of pyridine rings is 1. The number of halogens is 4. The van der Waals surface area contributed by atoms with Crippen molar-refractivity contribution in [1.82, 2.24) is 24.9 Å². The van der Waals surface area contributed by atoms with Gasteiger partial charge in [0.25, 0.3) is 11.8 Å². The van der Waals surface area contributed by atoms with Crippen LogP contribution in [0.3, 0.4) is 0 Å². The molecule has 9 nitrogen and oxygen atoms in total. The molecule has 2 saturated heterocycles. The molecule has 2 aliphatic rings. The van der Waals surface area contributed by atoms with Crippen LogP contribution in [-0.2, 0) is 11.0 Å². The molecule has 0 radical (unpaired) electrons. The fourth-order valence-corrected chi connectivity index (χ4v) is 4.42. The van der Waals surface area contributed by atoms with Gasteiger partial charge in [0.15, 0.2) is 11.3 Å². The Labute approximate surface area is 188 Å². The largest absolute Gasteiger partial charge is 0.472 e. The number of carbonyl (C=O) groups excluding carboxylic acids is 3. The highest BCUT2D eigenvalue weighted by Gasteiger charge is 2.48. The number of nitrogens with one attached hydrogen (secondary N) is 2. The van der Waals surface area contributed by atoms with Crippen molar-refractivity contribution in [3.8, 4) is 11.1 Å². The van der Waals surface area contributed by atoms with Gasteiger partial charge in [-0.2, -0.15) is 13.2 Å². The van der Waals surface area contributed by atoms with Gasteiger partial charge in [0.05, 0.1) is 18.1 Å². The molecule has 0 aromatic carbocycles. The van der Waals surface area contributed by atoms with Gasteiger partial charge < -0.3 is 14.6 Å². The molecular formula is C20H15ClF3N5O4. The lowest BCUT2D eigenvalue weighted by Gasteiger charge is -2.36. The molecule has 0 atom stereocenters. The molecule has 5 heterocycles. The summed E-state index contributed by atoms with van der Waals surface area (Å²) in [6.07, 6.45) is -0.473. The highest BCUT2D eigenvalue weighted by Crippen LogP contribution is 2.37. The first-order chi connectivity index (χ1) is 15.6. The van der Waals surface area contributed by atoms with Crippen LogP contribution in [0.25, 0.3) is 16.8 Å². The number of urea groups is 1. The van der Waals surface area contributed by atoms with Crippen molar-refractivity contribution >= 4 is 35.1 Å². The second kappa shape index (κ2) is 7.24. The molecular weight excluding hydrogens is 467 g/mol. The number of furan rings is 1. The van der Waals surface area contributed by atoms with Gasteiger partial charge in [0, 0.05) is 30.4 Å². The van der Waals surface area contributed by atoms with Crippen molar-refractivity contribution in [3.05, 3.63) is 47.3 Å². The van der Waals surface area contributed by atoms with E-state index in [1.807, 2.05) is 0 Å². The van der Waals surface area contributed by atoms with Crippen LogP contribution in [0, 0.1) is 0 Å². The van der Waals surface area contributed by atoms with E-state index in [4.69, 9.17) is 16.0 Å². The summed E-state index contributed by atoms with van der Waals surface area (Å²) in [7, 11) is 0. The van der Waals surface area contributed by atoms with E-state index in [1.54, 1.807) is 0 Å². The number of piperidine rings is 1. The van der Waals surface area contributed by atoms with Crippen LogP contribution >= 0.6 is 11.6 Å². The highest BCUT2D eigenvalue weighted by atomic mass is 35.5. The molecule has 172 valence electrons. The van der Waals surface area contributed by atoms with Gasteiger partial charge in [0.1, 0.15) is 10.7 Å². The van der Waals surface area contributed by atoms with E-state index in [-0.39, 0.29) is 42.3 Å². The van der Waals surface area contributed by atoms with Gasteiger partial charge in [-0.05, 0) is 25.0 Å². The van der Waals surface area contributed by atoms with Gasteiger partial charge >= 0.3 is 12.2 Å². The first-order valence-corrected chi connectivity index (χ1v) is 10.2. The van der Waals surface area contributed by atoms with E-state index in [0.717, 1.165) is 10.5 Å². The Hall–Kier alpha value is -3.54. The van der Waals surface area contributed by atoms with E-state index >= 15 is 0 Å². The lowest BCUT2D eigenvalue weighted by Crippen LogP contribution is -2.55. The third-order valence-corrected chi connectivity index (χ3v) is 6.30. The summed E-state index contributed by atoms with van der Waals surface area (Å²) in [6, 6.07) is 1.82. The minimum absolute atomic E-state index is 0.0864. The number of rotatable bonds is 2. The monoisotopic (exact) mass is 481 g/mol. The zero-order chi connectivity index (χ0) is 23.5. The number of imide groups is 1. The summed E-state index contributed by atoms with van der Waals surface area (Å²) in [5, 5.41) is 4.49. The number of imidazole rings is 1. The minimum atomic E-state index is -4.75. The second-order valence-corrected chi connectivity index (χ2v) is 8.24. The standard InChI is InChI=1S/C20H15ClF3N5O4/c21-14-13(16(30)28-4-2-19(3-5-28)17(31)26-18(32)27-19)25-15-12(20(22,23)24)7-11(8-29(14)15)10-1-6-33-9-10/h1,6-9H,2-5H2,(H2,26,27,31,32). The van der Waals surface area contributed by atoms with Gasteiger partial charge in [-0.3, -0.25) is 19.3 Å². The third kappa shape index (κ3) is 3.41. The van der Waals surface area contributed by atoms with Gasteiger partial charge in [-0.25, -0.2) is 9.78 Å². The molecule has 3 aromatic rings. The maximum Gasteiger partial charge on any atom is 0.420 e. The Morgan fingerprint density at radius 2 is 1.94 bits per heavy atom. The van der Waals surface area contributed by atoms with Crippen molar-refractivity contribution in [2.45, 2.75) is 24.6 Å². The number of hydrogen-bond acceptors (Lipinski definition) is 5. The molecule has 0 unspecified atom stereocenters.